The summed E-state index contributed by atoms with van der Waals surface area (Å²) in [5, 5.41) is 0.396. The van der Waals surface area contributed by atoms with Crippen molar-refractivity contribution in [1.82, 2.24) is 9.97 Å². The first-order valence-electron chi connectivity index (χ1n) is 7.98. The largest absolute Gasteiger partial charge is 0.454 e. The van der Waals surface area contributed by atoms with Crippen LogP contribution in [0.25, 0.3) is 0 Å². The van der Waals surface area contributed by atoms with Gasteiger partial charge in [-0.15, -0.1) is 0 Å². The van der Waals surface area contributed by atoms with E-state index in [4.69, 9.17) is 4.74 Å². The van der Waals surface area contributed by atoms with Crippen LogP contribution in [0.15, 0.2) is 18.5 Å². The third-order valence-corrected chi connectivity index (χ3v) is 7.05. The number of aromatic nitrogens is 2. The molecule has 6 heteroatoms. The average molecular weight is 338 g/mol. The first-order chi connectivity index (χ1) is 10.8. The van der Waals surface area contributed by atoms with Crippen molar-refractivity contribution in [2.24, 2.45) is 5.92 Å². The normalized spacial score (nSPS) is 24.1. The minimum atomic E-state index is -0.266. The first-order valence-corrected chi connectivity index (χ1v) is 10.2. The van der Waals surface area contributed by atoms with E-state index >= 15 is 0 Å². The van der Waals surface area contributed by atoms with Crippen molar-refractivity contribution < 1.29 is 9.53 Å². The lowest BCUT2D eigenvalue weighted by Gasteiger charge is -2.24. The summed E-state index contributed by atoms with van der Waals surface area (Å²) in [4.78, 5) is 21.0. The molecule has 2 heterocycles. The minimum absolute atomic E-state index is 0.0932. The highest BCUT2D eigenvalue weighted by atomic mass is 32.2. The molecule has 4 nitrogen and oxygen atoms in total. The number of hydrogen-bond donors (Lipinski definition) is 0. The Hall–Kier alpha value is -0.750. The molecule has 120 valence electrons. The van der Waals surface area contributed by atoms with Crippen molar-refractivity contribution in [3.8, 4) is 0 Å². The molecule has 1 aliphatic carbocycles. The zero-order chi connectivity index (χ0) is 15.2. The Labute approximate surface area is 140 Å². The molecule has 0 unspecified atom stereocenters. The van der Waals surface area contributed by atoms with Crippen molar-refractivity contribution in [3.63, 3.8) is 0 Å². The lowest BCUT2D eigenvalue weighted by Crippen LogP contribution is -2.24. The van der Waals surface area contributed by atoms with Gasteiger partial charge in [-0.3, -0.25) is 4.79 Å². The monoisotopic (exact) mass is 338 g/mol. The van der Waals surface area contributed by atoms with Gasteiger partial charge >= 0.3 is 5.97 Å². The van der Waals surface area contributed by atoms with Crippen molar-refractivity contribution in [2.75, 3.05) is 17.3 Å². The lowest BCUT2D eigenvalue weighted by molar-refractivity contribution is -0.152. The molecule has 1 aliphatic heterocycles. The molecule has 0 N–H and O–H groups in total. The maximum absolute atomic E-state index is 12.4. The van der Waals surface area contributed by atoms with Crippen LogP contribution in [0.5, 0.6) is 0 Å². The summed E-state index contributed by atoms with van der Waals surface area (Å²) < 4.78 is 5.84. The molecule has 3 rings (SSSR count). The van der Waals surface area contributed by atoms with Gasteiger partial charge in [-0.25, -0.2) is 9.97 Å². The molecule has 1 saturated carbocycles. The van der Waals surface area contributed by atoms with Gasteiger partial charge in [0.2, 0.25) is 0 Å². The fourth-order valence-electron chi connectivity index (χ4n) is 3.11. The second-order valence-corrected chi connectivity index (χ2v) is 8.39. The number of thioether (sulfide) groups is 2. The maximum Gasteiger partial charge on any atom is 0.307 e. The predicted molar refractivity (Wildman–Crippen MR) is 91.0 cm³/mol. The van der Waals surface area contributed by atoms with Gasteiger partial charge in [-0.1, -0.05) is 12.8 Å². The number of esters is 1. The SMILES string of the molecule is O=C(C[C@@H]1CSCCS1)O[C@@H](c1ncccn1)C1CCCC1. The van der Waals surface area contributed by atoms with Gasteiger partial charge in [0.15, 0.2) is 11.9 Å². The van der Waals surface area contributed by atoms with E-state index in [1.54, 1.807) is 18.5 Å². The summed E-state index contributed by atoms with van der Waals surface area (Å²) >= 11 is 3.83. The van der Waals surface area contributed by atoms with Gasteiger partial charge in [-0.05, 0) is 18.9 Å². The number of nitrogens with zero attached hydrogens (tertiary/aromatic N) is 2. The minimum Gasteiger partial charge on any atom is -0.454 e. The van der Waals surface area contributed by atoms with E-state index in [9.17, 15) is 4.79 Å². The summed E-state index contributed by atoms with van der Waals surface area (Å²) in [7, 11) is 0. The topological polar surface area (TPSA) is 52.1 Å². The fraction of sp³-hybridized carbons (Fsp3) is 0.688. The lowest BCUT2D eigenvalue weighted by atomic mass is 10.00. The molecule has 2 atom stereocenters. The van der Waals surface area contributed by atoms with Crippen LogP contribution in [0, 0.1) is 5.92 Å². The first kappa shape index (κ1) is 16.1. The van der Waals surface area contributed by atoms with Gasteiger partial charge < -0.3 is 4.74 Å². The highest BCUT2D eigenvalue weighted by Gasteiger charge is 2.32. The Morgan fingerprint density at radius 3 is 2.73 bits per heavy atom. The van der Waals surface area contributed by atoms with Crippen LogP contribution >= 0.6 is 23.5 Å². The van der Waals surface area contributed by atoms with Gasteiger partial charge in [0.25, 0.3) is 0 Å². The van der Waals surface area contributed by atoms with Crippen LogP contribution in [-0.4, -0.2) is 38.4 Å². The smallest absolute Gasteiger partial charge is 0.307 e. The molecular formula is C16H22N2O2S2. The fourth-order valence-corrected chi connectivity index (χ4v) is 5.77. The van der Waals surface area contributed by atoms with Gasteiger partial charge in [0.05, 0.1) is 6.42 Å². The molecular weight excluding hydrogens is 316 g/mol. The summed E-state index contributed by atoms with van der Waals surface area (Å²) in [5.74, 6) is 4.32. The third-order valence-electron chi connectivity index (χ3n) is 4.21. The van der Waals surface area contributed by atoms with Crippen molar-refractivity contribution >= 4 is 29.5 Å². The molecule has 0 spiro atoms. The molecule has 0 aromatic carbocycles. The number of hydrogen-bond acceptors (Lipinski definition) is 6. The molecule has 2 aliphatic rings. The van der Waals surface area contributed by atoms with Gasteiger partial charge in [-0.2, -0.15) is 23.5 Å². The van der Waals surface area contributed by atoms with Crippen molar-refractivity contribution in [3.05, 3.63) is 24.3 Å². The summed E-state index contributed by atoms with van der Waals surface area (Å²) in [6.07, 6.45) is 8.32. The van der Waals surface area contributed by atoms with Crippen molar-refractivity contribution in [2.45, 2.75) is 43.5 Å². The van der Waals surface area contributed by atoms with Crippen LogP contribution < -0.4 is 0 Å². The highest BCUT2D eigenvalue weighted by Crippen LogP contribution is 2.37. The van der Waals surface area contributed by atoms with Crippen LogP contribution in [-0.2, 0) is 9.53 Å². The van der Waals surface area contributed by atoms with E-state index in [2.05, 4.69) is 9.97 Å². The Balaban J connectivity index is 1.63. The Morgan fingerprint density at radius 1 is 1.27 bits per heavy atom. The number of rotatable bonds is 5. The van der Waals surface area contributed by atoms with Crippen LogP contribution in [0.2, 0.25) is 0 Å². The second kappa shape index (κ2) is 8.20. The standard InChI is InChI=1S/C16H22N2O2S2/c19-14(10-13-11-21-8-9-22-13)20-15(12-4-1-2-5-12)16-17-6-3-7-18-16/h3,6-7,12-13,15H,1-2,4-5,8-11H2/t13-,15-/m1/s1. The van der Waals surface area contributed by atoms with Gasteiger partial charge in [0, 0.05) is 40.8 Å². The molecule has 0 bridgehead atoms. The Morgan fingerprint density at radius 2 is 2.05 bits per heavy atom. The van der Waals surface area contributed by atoms with E-state index in [0.717, 1.165) is 24.3 Å². The van der Waals surface area contributed by atoms with Crippen LogP contribution in [0.4, 0.5) is 0 Å². The van der Waals surface area contributed by atoms with E-state index in [1.165, 1.54) is 18.6 Å². The van der Waals surface area contributed by atoms with E-state index in [1.807, 2.05) is 23.5 Å². The zero-order valence-electron chi connectivity index (χ0n) is 12.6. The van der Waals surface area contributed by atoms with Crippen LogP contribution in [0.3, 0.4) is 0 Å². The van der Waals surface area contributed by atoms with Gasteiger partial charge in [0.1, 0.15) is 0 Å². The van der Waals surface area contributed by atoms with E-state index < -0.39 is 0 Å². The number of carbonyl (C=O) groups excluding carboxylic acids is 1. The van der Waals surface area contributed by atoms with E-state index in [0.29, 0.717) is 23.4 Å². The summed E-state index contributed by atoms with van der Waals surface area (Å²) in [6.45, 7) is 0. The average Bonchev–Trinajstić information content (AvgIpc) is 3.08. The molecule has 0 amide bonds. The molecule has 22 heavy (non-hydrogen) atoms. The molecule has 1 aromatic heterocycles. The van der Waals surface area contributed by atoms with Crippen LogP contribution in [0.1, 0.15) is 44.0 Å². The molecule has 2 fully saturated rings. The van der Waals surface area contributed by atoms with E-state index in [-0.39, 0.29) is 12.1 Å². The molecule has 1 aromatic rings. The summed E-state index contributed by atoms with van der Waals surface area (Å²) in [5.41, 5.74) is 0. The molecule has 1 saturated heterocycles. The highest BCUT2D eigenvalue weighted by molar-refractivity contribution is 8.06. The Bertz CT molecular complexity index is 474. The maximum atomic E-state index is 12.4. The van der Waals surface area contributed by atoms with Crippen molar-refractivity contribution in [1.29, 1.82) is 0 Å². The zero-order valence-corrected chi connectivity index (χ0v) is 14.3. The number of ether oxygens (including phenoxy) is 1. The summed E-state index contributed by atoms with van der Waals surface area (Å²) in [6, 6.07) is 1.80. The molecule has 0 radical (unpaired) electrons. The second-order valence-electron chi connectivity index (χ2n) is 5.83. The quantitative estimate of drug-likeness (QED) is 0.766. The predicted octanol–water partition coefficient (Wildman–Crippen LogP) is 3.49. The Kier molecular flexibility index (Phi) is 6.01. The third kappa shape index (κ3) is 4.38. The number of carbonyl (C=O) groups is 1.